The lowest BCUT2D eigenvalue weighted by molar-refractivity contribution is -0.137. The highest BCUT2D eigenvalue weighted by Crippen LogP contribution is 2.49. The van der Waals surface area contributed by atoms with E-state index in [1.165, 1.54) is 23.6 Å². The largest absolute Gasteiger partial charge is 0.348 e. The number of carbonyl (C=O) groups excluding carboxylic acids is 1. The fourth-order valence-corrected chi connectivity index (χ4v) is 8.45. The van der Waals surface area contributed by atoms with Gasteiger partial charge in [0.15, 0.2) is 6.35 Å². The molecule has 2 aliphatic carbocycles. The molecular formula is C32H45FN6O2. The van der Waals surface area contributed by atoms with Gasteiger partial charge in [-0.2, -0.15) is 5.26 Å². The monoisotopic (exact) mass is 564 g/mol. The van der Waals surface area contributed by atoms with Crippen LogP contribution in [0.25, 0.3) is 0 Å². The molecule has 7 unspecified atom stereocenters. The van der Waals surface area contributed by atoms with Crippen molar-refractivity contribution in [2.24, 2.45) is 11.3 Å². The number of piperazine rings is 1. The summed E-state index contributed by atoms with van der Waals surface area (Å²) >= 11 is 0. The maximum atomic E-state index is 14.2. The molecule has 3 heterocycles. The van der Waals surface area contributed by atoms with E-state index < -0.39 is 0 Å². The summed E-state index contributed by atoms with van der Waals surface area (Å²) in [6, 6.07) is 8.18. The lowest BCUT2D eigenvalue weighted by Gasteiger charge is -2.56. The van der Waals surface area contributed by atoms with Crippen LogP contribution in [0.2, 0.25) is 0 Å². The van der Waals surface area contributed by atoms with Gasteiger partial charge >= 0.3 is 0 Å². The minimum Gasteiger partial charge on any atom is -0.348 e. The molecule has 1 aromatic carbocycles. The van der Waals surface area contributed by atoms with E-state index in [0.29, 0.717) is 38.1 Å². The fraction of sp³-hybridized carbons (Fsp3) is 0.688. The maximum Gasteiger partial charge on any atom is 0.246 e. The highest BCUT2D eigenvalue weighted by Gasteiger charge is 2.50. The van der Waals surface area contributed by atoms with Crippen molar-refractivity contribution in [1.29, 1.82) is 5.26 Å². The Morgan fingerprint density at radius 2 is 2.10 bits per heavy atom. The smallest absolute Gasteiger partial charge is 0.246 e. The number of amides is 1. The predicted molar refractivity (Wildman–Crippen MR) is 155 cm³/mol. The summed E-state index contributed by atoms with van der Waals surface area (Å²) in [4.78, 5) is 19.2. The number of likely N-dealkylation sites (N-methyl/N-ethyl adjacent to an activating group) is 1. The third-order valence-electron chi connectivity index (χ3n) is 10.7. The molecule has 3 saturated heterocycles. The standard InChI is InChI=1S/C32H45FN6O2/c1-3-29(40)39-16-15-38(20-25(39)10-13-34)30-27-9-12-32(11-8-22-6-7-24(33)17-23(22)18-32)19-28(27)35-31(36-30)41-21-26-5-4-14-37(26)2/h3,6-7,17,25-28,30-31,35-36H,1,4-5,8-12,14-16,18-21H2,2H3. The number of halogens is 1. The van der Waals surface area contributed by atoms with Gasteiger partial charge in [0.05, 0.1) is 31.3 Å². The van der Waals surface area contributed by atoms with Crippen LogP contribution in [0.3, 0.4) is 0 Å². The summed E-state index contributed by atoms with van der Waals surface area (Å²) in [5, 5.41) is 17.2. The third-order valence-corrected chi connectivity index (χ3v) is 10.7. The van der Waals surface area contributed by atoms with Crippen LogP contribution >= 0.6 is 0 Å². The van der Waals surface area contributed by atoms with Crippen molar-refractivity contribution >= 4 is 5.91 Å². The van der Waals surface area contributed by atoms with Crippen molar-refractivity contribution in [3.8, 4) is 6.07 Å². The zero-order valence-electron chi connectivity index (χ0n) is 24.4. The number of nitrogens with one attached hydrogen (secondary N) is 2. The molecule has 4 fully saturated rings. The van der Waals surface area contributed by atoms with Crippen molar-refractivity contribution < 1.29 is 13.9 Å². The minimum absolute atomic E-state index is 0.0976. The van der Waals surface area contributed by atoms with Crippen LogP contribution in [-0.2, 0) is 22.4 Å². The summed E-state index contributed by atoms with van der Waals surface area (Å²) in [6.45, 7) is 7.46. The molecule has 9 heteroatoms. The Balaban J connectivity index is 1.21. The topological polar surface area (TPSA) is 83.9 Å². The van der Waals surface area contributed by atoms with Crippen LogP contribution in [0, 0.1) is 28.5 Å². The second kappa shape index (κ2) is 12.1. The second-order valence-corrected chi connectivity index (χ2v) is 13.1. The molecule has 0 bridgehead atoms. The first-order chi connectivity index (χ1) is 19.9. The number of carbonyl (C=O) groups is 1. The quantitative estimate of drug-likeness (QED) is 0.514. The lowest BCUT2D eigenvalue weighted by atomic mass is 9.59. The van der Waals surface area contributed by atoms with Crippen molar-refractivity contribution in [1.82, 2.24) is 25.3 Å². The molecule has 7 atom stereocenters. The first kappa shape index (κ1) is 28.8. The first-order valence-corrected chi connectivity index (χ1v) is 15.5. The predicted octanol–water partition coefficient (Wildman–Crippen LogP) is 3.00. The Bertz CT molecular complexity index is 1170. The van der Waals surface area contributed by atoms with E-state index in [0.717, 1.165) is 58.0 Å². The highest BCUT2D eigenvalue weighted by atomic mass is 19.1. The average molecular weight is 565 g/mol. The van der Waals surface area contributed by atoms with Gasteiger partial charge in [-0.15, -0.1) is 0 Å². The fourth-order valence-electron chi connectivity index (χ4n) is 8.45. The van der Waals surface area contributed by atoms with Gasteiger partial charge in [-0.25, -0.2) is 4.39 Å². The van der Waals surface area contributed by atoms with Gasteiger partial charge in [0.1, 0.15) is 5.82 Å². The molecule has 1 amide bonds. The molecule has 1 saturated carbocycles. The van der Waals surface area contributed by atoms with Gasteiger partial charge in [0.25, 0.3) is 0 Å². The molecule has 1 spiro atoms. The summed E-state index contributed by atoms with van der Waals surface area (Å²) in [5.74, 6) is 0.144. The molecular weight excluding hydrogens is 519 g/mol. The second-order valence-electron chi connectivity index (χ2n) is 13.1. The van der Waals surface area contributed by atoms with E-state index in [2.05, 4.69) is 40.1 Å². The molecule has 2 N–H and O–H groups in total. The van der Waals surface area contributed by atoms with Crippen LogP contribution in [0.4, 0.5) is 4.39 Å². The Labute approximate surface area is 243 Å². The minimum atomic E-state index is -0.263. The van der Waals surface area contributed by atoms with Gasteiger partial charge in [-0.05, 0) is 99.7 Å². The molecule has 0 aromatic heterocycles. The van der Waals surface area contributed by atoms with E-state index in [4.69, 9.17) is 4.74 Å². The molecule has 1 aromatic rings. The van der Waals surface area contributed by atoms with Gasteiger partial charge in [0.2, 0.25) is 5.91 Å². The zero-order chi connectivity index (χ0) is 28.6. The molecule has 8 nitrogen and oxygen atoms in total. The van der Waals surface area contributed by atoms with Gasteiger partial charge in [-0.1, -0.05) is 12.6 Å². The van der Waals surface area contributed by atoms with Crippen molar-refractivity contribution in [2.45, 2.75) is 88.4 Å². The summed E-state index contributed by atoms with van der Waals surface area (Å²) in [6.07, 6.45) is 10.2. The van der Waals surface area contributed by atoms with E-state index >= 15 is 0 Å². The van der Waals surface area contributed by atoms with Crippen LogP contribution < -0.4 is 10.6 Å². The number of nitrogens with zero attached hydrogens (tertiary/aromatic N) is 4. The van der Waals surface area contributed by atoms with Crippen LogP contribution in [-0.4, -0.2) is 91.1 Å². The van der Waals surface area contributed by atoms with Gasteiger partial charge < -0.3 is 14.5 Å². The number of rotatable bonds is 6. The number of fused-ring (bicyclic) bond motifs is 2. The van der Waals surface area contributed by atoms with Crippen LogP contribution in [0.1, 0.15) is 56.1 Å². The Morgan fingerprint density at radius 3 is 2.88 bits per heavy atom. The van der Waals surface area contributed by atoms with E-state index in [9.17, 15) is 14.4 Å². The molecule has 222 valence electrons. The average Bonchev–Trinajstić information content (AvgIpc) is 3.39. The van der Waals surface area contributed by atoms with Crippen LogP contribution in [0.15, 0.2) is 30.9 Å². The number of hydrogen-bond donors (Lipinski definition) is 2. The number of aryl methyl sites for hydroxylation is 1. The van der Waals surface area contributed by atoms with E-state index in [-0.39, 0.29) is 41.7 Å². The SMILES string of the molecule is C=CC(=O)N1CCN(C2NC(OCC3CCCN3C)NC3CC4(CCc5ccc(F)cc5C4)CCC32)CC1CC#N. The van der Waals surface area contributed by atoms with Crippen molar-refractivity contribution in [3.63, 3.8) is 0 Å². The van der Waals surface area contributed by atoms with Crippen molar-refractivity contribution in [3.05, 3.63) is 47.8 Å². The lowest BCUT2D eigenvalue weighted by Crippen LogP contribution is -2.72. The summed E-state index contributed by atoms with van der Waals surface area (Å²) < 4.78 is 20.7. The zero-order valence-corrected chi connectivity index (χ0v) is 24.4. The van der Waals surface area contributed by atoms with Gasteiger partial charge in [-0.3, -0.25) is 20.3 Å². The van der Waals surface area contributed by atoms with E-state index in [1.54, 1.807) is 12.1 Å². The Morgan fingerprint density at radius 1 is 1.22 bits per heavy atom. The summed E-state index contributed by atoms with van der Waals surface area (Å²) in [5.41, 5.74) is 2.65. The summed E-state index contributed by atoms with van der Waals surface area (Å²) in [7, 11) is 2.18. The molecule has 5 aliphatic rings. The van der Waals surface area contributed by atoms with Gasteiger partial charge in [0, 0.05) is 37.6 Å². The Kier molecular flexibility index (Phi) is 8.49. The van der Waals surface area contributed by atoms with Crippen LogP contribution in [0.5, 0.6) is 0 Å². The maximum absolute atomic E-state index is 14.2. The molecule has 3 aliphatic heterocycles. The number of ether oxygens (including phenoxy) is 1. The Hall–Kier alpha value is -2.35. The molecule has 6 rings (SSSR count). The highest BCUT2D eigenvalue weighted by molar-refractivity contribution is 5.87. The normalized spacial score (nSPS) is 36.0. The number of nitriles is 1. The van der Waals surface area contributed by atoms with E-state index in [1.807, 2.05) is 11.0 Å². The number of benzene rings is 1. The molecule has 0 radical (unpaired) electrons. The third kappa shape index (κ3) is 5.95. The van der Waals surface area contributed by atoms with Crippen molar-refractivity contribution in [2.75, 3.05) is 39.8 Å². The number of hydrogen-bond acceptors (Lipinski definition) is 7. The molecule has 41 heavy (non-hydrogen) atoms. The number of likely N-dealkylation sites (tertiary alicyclic amines) is 1. The first-order valence-electron chi connectivity index (χ1n) is 15.5.